The van der Waals surface area contributed by atoms with Gasteiger partial charge in [0.05, 0.1) is 0 Å². The molecule has 0 aromatic carbocycles. The molecule has 2 unspecified atom stereocenters. The van der Waals surface area contributed by atoms with E-state index < -0.39 is 0 Å². The van der Waals surface area contributed by atoms with Crippen LogP contribution in [0.3, 0.4) is 0 Å². The normalized spacial score (nSPS) is 33.5. The van der Waals surface area contributed by atoms with Crippen molar-refractivity contribution in [1.82, 2.24) is 15.4 Å². The number of likely N-dealkylation sites (tertiary alicyclic amines) is 1. The molecule has 1 aromatic heterocycles. The van der Waals surface area contributed by atoms with Crippen LogP contribution < -0.4 is 11.1 Å². The number of nitrogens with one attached hydrogen (secondary N) is 1. The van der Waals surface area contributed by atoms with E-state index in [1.54, 1.807) is 6.07 Å². The maximum Gasteiger partial charge on any atom is 0.273 e. The first kappa shape index (κ1) is 19.4. The molecule has 3 N–H and O–H groups in total. The fourth-order valence-corrected chi connectivity index (χ4v) is 4.83. The van der Waals surface area contributed by atoms with Gasteiger partial charge >= 0.3 is 0 Å². The summed E-state index contributed by atoms with van der Waals surface area (Å²) < 4.78 is 5.30. The molecule has 28 heavy (non-hydrogen) atoms. The summed E-state index contributed by atoms with van der Waals surface area (Å²) in [4.78, 5) is 27.6. The van der Waals surface area contributed by atoms with E-state index in [-0.39, 0.29) is 41.7 Å². The smallest absolute Gasteiger partial charge is 0.273 e. The van der Waals surface area contributed by atoms with Crippen molar-refractivity contribution < 1.29 is 14.1 Å². The van der Waals surface area contributed by atoms with Gasteiger partial charge in [-0.3, -0.25) is 9.59 Å². The van der Waals surface area contributed by atoms with Gasteiger partial charge in [-0.25, -0.2) is 0 Å². The molecular weight excluding hydrogens is 356 g/mol. The predicted octanol–water partition coefficient (Wildman–Crippen LogP) is 2.28. The van der Waals surface area contributed by atoms with Crippen LogP contribution in [0.4, 0.5) is 0 Å². The molecule has 4 rings (SSSR count). The Morgan fingerprint density at radius 2 is 1.75 bits per heavy atom. The van der Waals surface area contributed by atoms with Crippen LogP contribution in [-0.2, 0) is 4.79 Å². The van der Waals surface area contributed by atoms with Gasteiger partial charge in [0.1, 0.15) is 5.76 Å². The summed E-state index contributed by atoms with van der Waals surface area (Å²) in [6.45, 7) is 5.58. The average Bonchev–Trinajstić information content (AvgIpc) is 3.41. The van der Waals surface area contributed by atoms with Crippen molar-refractivity contribution >= 4 is 11.8 Å². The number of amides is 2. The number of nitrogens with two attached hydrogens (primary N) is 1. The summed E-state index contributed by atoms with van der Waals surface area (Å²) in [5.41, 5.74) is 6.34. The third-order valence-electron chi connectivity index (χ3n) is 6.71. The van der Waals surface area contributed by atoms with E-state index in [4.69, 9.17) is 10.3 Å². The molecule has 0 bridgehead atoms. The zero-order valence-corrected chi connectivity index (χ0v) is 16.9. The Balaban J connectivity index is 1.34. The number of rotatable bonds is 4. The zero-order chi connectivity index (χ0) is 19.8. The minimum atomic E-state index is -0.180. The van der Waals surface area contributed by atoms with Crippen molar-refractivity contribution in [2.75, 3.05) is 13.1 Å². The Morgan fingerprint density at radius 3 is 2.36 bits per heavy atom. The number of hydrogen-bond donors (Lipinski definition) is 2. The van der Waals surface area contributed by atoms with Crippen LogP contribution in [0.15, 0.2) is 10.6 Å². The first-order valence-corrected chi connectivity index (χ1v) is 10.7. The number of nitrogens with zero attached hydrogens (tertiary/aromatic N) is 2. The molecule has 1 aromatic rings. The highest BCUT2D eigenvalue weighted by Gasteiger charge is 2.38. The van der Waals surface area contributed by atoms with Gasteiger partial charge in [-0.1, -0.05) is 19.0 Å². The molecule has 3 fully saturated rings. The lowest BCUT2D eigenvalue weighted by Crippen LogP contribution is -2.57. The molecule has 2 saturated carbocycles. The molecule has 7 nitrogen and oxygen atoms in total. The van der Waals surface area contributed by atoms with Crippen molar-refractivity contribution in [2.45, 2.75) is 70.4 Å². The summed E-state index contributed by atoms with van der Waals surface area (Å²) >= 11 is 0. The third kappa shape index (κ3) is 4.09. The van der Waals surface area contributed by atoms with E-state index in [0.717, 1.165) is 44.3 Å². The molecule has 2 heterocycles. The summed E-state index contributed by atoms with van der Waals surface area (Å²) in [5.74, 6) is 1.84. The fraction of sp³-hybridized carbons (Fsp3) is 0.762. The SMILES string of the molecule is CC1CN(C(=O)[C@H]2CC[C@H](N)CC2)CC(C)C1NC(=O)c1cc(C2CC2)on1. The molecule has 2 amide bonds. The van der Waals surface area contributed by atoms with E-state index in [1.165, 1.54) is 0 Å². The van der Waals surface area contributed by atoms with E-state index in [1.807, 2.05) is 4.90 Å². The van der Waals surface area contributed by atoms with Crippen LogP contribution in [0, 0.1) is 17.8 Å². The lowest BCUT2D eigenvalue weighted by Gasteiger charge is -2.43. The van der Waals surface area contributed by atoms with Crippen molar-refractivity contribution in [3.8, 4) is 0 Å². The lowest BCUT2D eigenvalue weighted by atomic mass is 9.82. The maximum atomic E-state index is 12.9. The van der Waals surface area contributed by atoms with Gasteiger partial charge in [0.25, 0.3) is 5.91 Å². The molecule has 1 aliphatic heterocycles. The summed E-state index contributed by atoms with van der Waals surface area (Å²) in [6.07, 6.45) is 5.90. The molecule has 2 aliphatic carbocycles. The highest BCUT2D eigenvalue weighted by molar-refractivity contribution is 5.92. The Morgan fingerprint density at radius 1 is 1.11 bits per heavy atom. The predicted molar refractivity (Wildman–Crippen MR) is 105 cm³/mol. The highest BCUT2D eigenvalue weighted by atomic mass is 16.5. The Labute approximate surface area is 166 Å². The van der Waals surface area contributed by atoms with Crippen LogP contribution in [0.5, 0.6) is 0 Å². The Bertz CT molecular complexity index is 709. The van der Waals surface area contributed by atoms with E-state index in [2.05, 4.69) is 24.3 Å². The average molecular weight is 389 g/mol. The molecule has 0 radical (unpaired) electrons. The van der Waals surface area contributed by atoms with E-state index >= 15 is 0 Å². The molecular formula is C21H32N4O3. The number of aromatic nitrogens is 1. The van der Waals surface area contributed by atoms with E-state index in [0.29, 0.717) is 24.7 Å². The third-order valence-corrected chi connectivity index (χ3v) is 6.71. The number of carbonyl (C=O) groups excluding carboxylic acids is 2. The zero-order valence-electron chi connectivity index (χ0n) is 16.9. The summed E-state index contributed by atoms with van der Waals surface area (Å²) in [5, 5.41) is 7.08. The van der Waals surface area contributed by atoms with Crippen LogP contribution in [0.2, 0.25) is 0 Å². The second kappa shape index (κ2) is 7.85. The van der Waals surface area contributed by atoms with Gasteiger partial charge in [-0.2, -0.15) is 0 Å². The summed E-state index contributed by atoms with van der Waals surface area (Å²) in [7, 11) is 0. The number of hydrogen-bond acceptors (Lipinski definition) is 5. The second-order valence-electron chi connectivity index (χ2n) is 9.20. The van der Waals surface area contributed by atoms with Gasteiger partial charge in [-0.05, 0) is 50.4 Å². The van der Waals surface area contributed by atoms with Crippen molar-refractivity contribution in [1.29, 1.82) is 0 Å². The van der Waals surface area contributed by atoms with Crippen LogP contribution in [0.1, 0.15) is 74.5 Å². The van der Waals surface area contributed by atoms with Crippen molar-refractivity contribution in [3.63, 3.8) is 0 Å². The number of carbonyl (C=O) groups is 2. The highest BCUT2D eigenvalue weighted by Crippen LogP contribution is 2.40. The molecule has 3 aliphatic rings. The second-order valence-corrected chi connectivity index (χ2v) is 9.20. The lowest BCUT2D eigenvalue weighted by molar-refractivity contribution is -0.139. The molecule has 2 atom stereocenters. The molecule has 154 valence electrons. The van der Waals surface area contributed by atoms with Crippen LogP contribution in [-0.4, -0.2) is 47.0 Å². The molecule has 0 spiro atoms. The van der Waals surface area contributed by atoms with Crippen molar-refractivity contribution in [2.24, 2.45) is 23.5 Å². The van der Waals surface area contributed by atoms with E-state index in [9.17, 15) is 9.59 Å². The van der Waals surface area contributed by atoms with Gasteiger partial charge < -0.3 is 20.5 Å². The minimum Gasteiger partial charge on any atom is -0.360 e. The van der Waals surface area contributed by atoms with Gasteiger partial charge in [0, 0.05) is 43.1 Å². The first-order valence-electron chi connectivity index (χ1n) is 10.7. The molecule has 7 heteroatoms. The van der Waals surface area contributed by atoms with Gasteiger partial charge in [-0.15, -0.1) is 0 Å². The van der Waals surface area contributed by atoms with Gasteiger partial charge in [0.15, 0.2) is 5.69 Å². The van der Waals surface area contributed by atoms with Crippen LogP contribution in [0.25, 0.3) is 0 Å². The monoisotopic (exact) mass is 388 g/mol. The molecule has 1 saturated heterocycles. The topological polar surface area (TPSA) is 101 Å². The minimum absolute atomic E-state index is 0.0254. The van der Waals surface area contributed by atoms with Crippen LogP contribution >= 0.6 is 0 Å². The number of piperidine rings is 1. The Hall–Kier alpha value is -1.89. The fourth-order valence-electron chi connectivity index (χ4n) is 4.83. The summed E-state index contributed by atoms with van der Waals surface area (Å²) in [6, 6.07) is 2.05. The van der Waals surface area contributed by atoms with Gasteiger partial charge in [0.2, 0.25) is 5.91 Å². The quantitative estimate of drug-likeness (QED) is 0.824. The Kier molecular flexibility index (Phi) is 5.45. The largest absolute Gasteiger partial charge is 0.360 e. The van der Waals surface area contributed by atoms with Crippen molar-refractivity contribution in [3.05, 3.63) is 17.5 Å². The maximum absolute atomic E-state index is 12.9. The first-order chi connectivity index (χ1) is 13.4. The standard InChI is InChI=1S/C21H32N4O3/c1-12-10-25(21(27)15-5-7-16(22)8-6-15)11-13(2)19(12)23-20(26)17-9-18(28-24-17)14-3-4-14/h9,12-16,19H,3-8,10-11,22H2,1-2H3,(H,23,26)/t12?,13?,15-,16-,19?.